The maximum Gasteiger partial charge on any atom is 0.337 e. The molecule has 3 nitrogen and oxygen atoms in total. The molecular formula is C16H12O3. The molecule has 0 aliphatic rings. The minimum absolute atomic E-state index is 0.141. The topological polar surface area (TPSA) is 46.5 Å². The molecule has 2 rings (SSSR count). The number of carboxylic acid groups (broad SMARTS) is 1. The van der Waals surface area contributed by atoms with E-state index in [9.17, 15) is 4.79 Å². The van der Waals surface area contributed by atoms with Crippen LogP contribution in [0, 0.1) is 11.8 Å². The van der Waals surface area contributed by atoms with E-state index in [2.05, 4.69) is 11.8 Å². The van der Waals surface area contributed by atoms with E-state index in [0.29, 0.717) is 11.3 Å². The van der Waals surface area contributed by atoms with Crippen LogP contribution in [0.1, 0.15) is 21.5 Å². The highest BCUT2D eigenvalue weighted by molar-refractivity contribution is 5.91. The smallest absolute Gasteiger partial charge is 0.337 e. The molecule has 0 aliphatic heterocycles. The van der Waals surface area contributed by atoms with Gasteiger partial charge in [-0.15, -0.1) is 0 Å². The normalized spacial score (nSPS) is 9.32. The number of carboxylic acids is 1. The third-order valence-electron chi connectivity index (χ3n) is 2.57. The van der Waals surface area contributed by atoms with E-state index in [1.54, 1.807) is 12.1 Å². The number of carbonyl (C=O) groups is 1. The lowest BCUT2D eigenvalue weighted by Gasteiger charge is -2.03. The Hall–Kier alpha value is -2.73. The van der Waals surface area contributed by atoms with Crippen molar-refractivity contribution in [2.45, 2.75) is 0 Å². The molecule has 0 heterocycles. The van der Waals surface area contributed by atoms with Crippen molar-refractivity contribution in [3.05, 3.63) is 65.2 Å². The zero-order chi connectivity index (χ0) is 13.7. The van der Waals surface area contributed by atoms with Crippen LogP contribution in [0.2, 0.25) is 0 Å². The summed E-state index contributed by atoms with van der Waals surface area (Å²) in [5.74, 6) is 5.30. The number of methoxy groups -OCH3 is 1. The predicted molar refractivity (Wildman–Crippen MR) is 72.4 cm³/mol. The van der Waals surface area contributed by atoms with Crippen molar-refractivity contribution in [1.29, 1.82) is 0 Å². The molecule has 0 saturated carbocycles. The third-order valence-corrected chi connectivity index (χ3v) is 2.57. The molecule has 0 atom stereocenters. The molecule has 1 N–H and O–H groups in total. The Balaban J connectivity index is 2.41. The number of ether oxygens (including phenoxy) is 1. The average Bonchev–Trinajstić information content (AvgIpc) is 2.46. The average molecular weight is 252 g/mol. The lowest BCUT2D eigenvalue weighted by Crippen LogP contribution is -2.00. The van der Waals surface area contributed by atoms with E-state index in [1.807, 2.05) is 30.3 Å². The van der Waals surface area contributed by atoms with Crippen LogP contribution in [-0.4, -0.2) is 18.2 Å². The summed E-state index contributed by atoms with van der Waals surface area (Å²) in [5, 5.41) is 9.16. The number of aromatic carboxylic acids is 1. The fourth-order valence-electron chi connectivity index (χ4n) is 1.60. The van der Waals surface area contributed by atoms with Gasteiger partial charge in [-0.3, -0.25) is 0 Å². The first-order valence-corrected chi connectivity index (χ1v) is 5.69. The minimum Gasteiger partial charge on any atom is -0.497 e. The zero-order valence-electron chi connectivity index (χ0n) is 10.4. The molecule has 0 fully saturated rings. The van der Waals surface area contributed by atoms with Crippen molar-refractivity contribution in [2.75, 3.05) is 7.11 Å². The van der Waals surface area contributed by atoms with Gasteiger partial charge < -0.3 is 9.84 Å². The Labute approximate surface area is 111 Å². The molecule has 2 aromatic carbocycles. The second kappa shape index (κ2) is 5.74. The molecule has 0 aromatic heterocycles. The monoisotopic (exact) mass is 252 g/mol. The zero-order valence-corrected chi connectivity index (χ0v) is 10.4. The van der Waals surface area contributed by atoms with Crippen LogP contribution >= 0.6 is 0 Å². The molecule has 0 radical (unpaired) electrons. The second-order valence-electron chi connectivity index (χ2n) is 3.83. The Kier molecular flexibility index (Phi) is 3.84. The summed E-state index contributed by atoms with van der Waals surface area (Å²) in [6.45, 7) is 0. The van der Waals surface area contributed by atoms with E-state index >= 15 is 0 Å². The largest absolute Gasteiger partial charge is 0.497 e. The van der Waals surface area contributed by atoms with Gasteiger partial charge in [-0.1, -0.05) is 30.0 Å². The molecule has 0 amide bonds. The lowest BCUT2D eigenvalue weighted by molar-refractivity contribution is 0.0696. The van der Waals surface area contributed by atoms with Crippen LogP contribution in [0.3, 0.4) is 0 Å². The molecule has 3 heteroatoms. The summed E-state index contributed by atoms with van der Waals surface area (Å²) in [6, 6.07) is 14.2. The van der Waals surface area contributed by atoms with Crippen molar-refractivity contribution < 1.29 is 14.6 Å². The van der Waals surface area contributed by atoms with Gasteiger partial charge in [-0.2, -0.15) is 0 Å². The van der Waals surface area contributed by atoms with Crippen molar-refractivity contribution in [3.63, 3.8) is 0 Å². The minimum atomic E-state index is -1.02. The van der Waals surface area contributed by atoms with Crippen molar-refractivity contribution in [1.82, 2.24) is 0 Å². The van der Waals surface area contributed by atoms with Gasteiger partial charge >= 0.3 is 5.97 Å². The summed E-state index contributed by atoms with van der Waals surface area (Å²) < 4.78 is 5.01. The summed E-state index contributed by atoms with van der Waals surface area (Å²) in [4.78, 5) is 11.2. The van der Waals surface area contributed by atoms with Crippen LogP contribution in [0.4, 0.5) is 0 Å². The number of hydrogen-bond acceptors (Lipinski definition) is 2. The van der Waals surface area contributed by atoms with E-state index in [1.165, 1.54) is 13.2 Å². The molecular weight excluding hydrogens is 240 g/mol. The Morgan fingerprint density at radius 2 is 1.84 bits per heavy atom. The van der Waals surface area contributed by atoms with Gasteiger partial charge in [0.2, 0.25) is 0 Å². The molecule has 19 heavy (non-hydrogen) atoms. The first kappa shape index (κ1) is 12.7. The van der Waals surface area contributed by atoms with E-state index in [-0.39, 0.29) is 5.56 Å². The molecule has 0 aliphatic carbocycles. The van der Waals surface area contributed by atoms with Gasteiger partial charge in [-0.05, 0) is 30.3 Å². The SMILES string of the molecule is COc1ccc(C#Cc2ccccc2)c(C(=O)O)c1. The first-order chi connectivity index (χ1) is 9.20. The number of hydrogen-bond donors (Lipinski definition) is 1. The van der Waals surface area contributed by atoms with Gasteiger partial charge in [0.1, 0.15) is 5.75 Å². The van der Waals surface area contributed by atoms with Crippen LogP contribution in [-0.2, 0) is 0 Å². The third kappa shape index (κ3) is 3.14. The first-order valence-electron chi connectivity index (χ1n) is 5.69. The fraction of sp³-hybridized carbons (Fsp3) is 0.0625. The van der Waals surface area contributed by atoms with Crippen LogP contribution in [0.25, 0.3) is 0 Å². The summed E-state index contributed by atoms with van der Waals surface area (Å²) in [5.41, 5.74) is 1.45. The highest BCUT2D eigenvalue weighted by Gasteiger charge is 2.09. The molecule has 0 bridgehead atoms. The molecule has 0 saturated heterocycles. The lowest BCUT2D eigenvalue weighted by atomic mass is 10.1. The highest BCUT2D eigenvalue weighted by atomic mass is 16.5. The maximum atomic E-state index is 11.2. The van der Waals surface area contributed by atoms with Gasteiger partial charge in [-0.25, -0.2) is 4.79 Å². The summed E-state index contributed by atoms with van der Waals surface area (Å²) in [6.07, 6.45) is 0. The fourth-order valence-corrected chi connectivity index (χ4v) is 1.60. The molecule has 0 unspecified atom stereocenters. The van der Waals surface area contributed by atoms with Crippen LogP contribution < -0.4 is 4.74 Å². The van der Waals surface area contributed by atoms with E-state index in [4.69, 9.17) is 9.84 Å². The van der Waals surface area contributed by atoms with Gasteiger partial charge in [0.05, 0.1) is 12.7 Å². The van der Waals surface area contributed by atoms with Gasteiger partial charge in [0.15, 0.2) is 0 Å². The summed E-state index contributed by atoms with van der Waals surface area (Å²) in [7, 11) is 1.50. The van der Waals surface area contributed by atoms with E-state index in [0.717, 1.165) is 5.56 Å². The van der Waals surface area contributed by atoms with Crippen molar-refractivity contribution in [2.24, 2.45) is 0 Å². The Morgan fingerprint density at radius 1 is 1.11 bits per heavy atom. The Morgan fingerprint density at radius 3 is 2.47 bits per heavy atom. The molecule has 0 spiro atoms. The number of benzene rings is 2. The molecule has 2 aromatic rings. The predicted octanol–water partition coefficient (Wildman–Crippen LogP) is 2.79. The van der Waals surface area contributed by atoms with E-state index < -0.39 is 5.97 Å². The van der Waals surface area contributed by atoms with Crippen molar-refractivity contribution in [3.8, 4) is 17.6 Å². The van der Waals surface area contributed by atoms with Gasteiger partial charge in [0.25, 0.3) is 0 Å². The highest BCUT2D eigenvalue weighted by Crippen LogP contribution is 2.17. The summed E-state index contributed by atoms with van der Waals surface area (Å²) >= 11 is 0. The second-order valence-corrected chi connectivity index (χ2v) is 3.83. The standard InChI is InChI=1S/C16H12O3/c1-19-14-10-9-13(15(11-14)16(17)18)8-7-12-5-3-2-4-6-12/h2-6,9-11H,1H3,(H,17,18). The maximum absolute atomic E-state index is 11.2. The van der Waals surface area contributed by atoms with Crippen LogP contribution in [0.5, 0.6) is 5.75 Å². The quantitative estimate of drug-likeness (QED) is 0.836. The van der Waals surface area contributed by atoms with Gasteiger partial charge in [0, 0.05) is 11.1 Å². The Bertz CT molecular complexity index is 649. The number of rotatable bonds is 2. The van der Waals surface area contributed by atoms with Crippen molar-refractivity contribution >= 4 is 5.97 Å². The van der Waals surface area contributed by atoms with Crippen LogP contribution in [0.15, 0.2) is 48.5 Å². The molecule has 94 valence electrons.